The topological polar surface area (TPSA) is 17.1 Å². The van der Waals surface area contributed by atoms with E-state index < -0.39 is 0 Å². The minimum absolute atomic E-state index is 0.0384. The maximum Gasteiger partial charge on any atom is 0.193 e. The van der Waals surface area contributed by atoms with Crippen LogP contribution in [0, 0.1) is 25.7 Å². The lowest BCUT2D eigenvalue weighted by molar-refractivity contribution is 0.103. The van der Waals surface area contributed by atoms with E-state index in [1.54, 1.807) is 0 Å². The van der Waals surface area contributed by atoms with E-state index in [0.717, 1.165) is 17.3 Å². The molecule has 2 heteroatoms. The average molecular weight is 433 g/mol. The van der Waals surface area contributed by atoms with Crippen LogP contribution in [0.4, 0.5) is 0 Å². The molecule has 4 aromatic carbocycles. The molecule has 0 saturated heterocycles. The summed E-state index contributed by atoms with van der Waals surface area (Å²) >= 11 is 0. The molecule has 0 spiro atoms. The summed E-state index contributed by atoms with van der Waals surface area (Å²) in [5, 5.41) is 1.27. The molecule has 156 valence electrons. The molecule has 32 heavy (non-hydrogen) atoms. The summed E-state index contributed by atoms with van der Waals surface area (Å²) in [6.07, 6.45) is 1.03. The first kappa shape index (κ1) is 21.8. The lowest BCUT2D eigenvalue weighted by atomic mass is 10.0. The van der Waals surface area contributed by atoms with Crippen molar-refractivity contribution in [1.29, 1.82) is 0 Å². The molecule has 1 nitrogen and oxygen atoms in total. The molecule has 0 heterocycles. The number of carbonyl (C=O) groups excluding carboxylic acids is 1. The molecule has 4 aromatic rings. The molecule has 0 aliphatic carbocycles. The molecule has 0 saturated carbocycles. The van der Waals surface area contributed by atoms with Crippen molar-refractivity contribution in [2.45, 2.75) is 20.0 Å². The highest BCUT2D eigenvalue weighted by Crippen LogP contribution is 2.20. The first-order valence-corrected chi connectivity index (χ1v) is 11.9. The van der Waals surface area contributed by atoms with Crippen LogP contribution in [-0.4, -0.2) is 5.78 Å². The van der Waals surface area contributed by atoms with Gasteiger partial charge in [-0.15, -0.1) is 0 Å². The van der Waals surface area contributed by atoms with Crippen molar-refractivity contribution in [2.75, 3.05) is 0 Å². The van der Waals surface area contributed by atoms with Crippen LogP contribution in [0.2, 0.25) is 0 Å². The van der Waals surface area contributed by atoms with E-state index in [0.29, 0.717) is 19.7 Å². The van der Waals surface area contributed by atoms with E-state index >= 15 is 0 Å². The minimum Gasteiger partial charge on any atom is -0.289 e. The quantitative estimate of drug-likeness (QED) is 0.202. The Kier molecular flexibility index (Phi) is 6.96. The van der Waals surface area contributed by atoms with Crippen LogP contribution in [0.1, 0.15) is 43.7 Å². The van der Waals surface area contributed by atoms with Crippen molar-refractivity contribution in [3.63, 3.8) is 0 Å². The lowest BCUT2D eigenvalue weighted by Crippen LogP contribution is -2.03. The molecule has 0 aliphatic rings. The first-order chi connectivity index (χ1) is 15.6. The number of hydrogen-bond acceptors (Lipinski definition) is 1. The second-order valence-corrected chi connectivity index (χ2v) is 9.22. The lowest BCUT2D eigenvalue weighted by Gasteiger charge is -2.06. The van der Waals surface area contributed by atoms with Crippen molar-refractivity contribution >= 4 is 19.7 Å². The van der Waals surface area contributed by atoms with Crippen LogP contribution in [0.5, 0.6) is 0 Å². The molecule has 4 rings (SSSR count). The third-order valence-corrected chi connectivity index (χ3v) is 6.64. The Bertz CT molecular complexity index is 1250. The van der Waals surface area contributed by atoms with Gasteiger partial charge < -0.3 is 0 Å². The smallest absolute Gasteiger partial charge is 0.193 e. The zero-order valence-electron chi connectivity index (χ0n) is 18.4. The predicted octanol–water partition coefficient (Wildman–Crippen LogP) is 6.44. The van der Waals surface area contributed by atoms with Crippen molar-refractivity contribution in [3.8, 4) is 11.8 Å². The summed E-state index contributed by atoms with van der Waals surface area (Å²) in [5.74, 6) is 6.37. The second kappa shape index (κ2) is 10.2. The zero-order valence-corrected chi connectivity index (χ0v) is 19.4. The molecule has 0 bridgehead atoms. The first-order valence-electron chi connectivity index (χ1n) is 10.7. The highest BCUT2D eigenvalue weighted by Gasteiger charge is 2.09. The van der Waals surface area contributed by atoms with Gasteiger partial charge in [-0.1, -0.05) is 92.2 Å². The highest BCUT2D eigenvalue weighted by atomic mass is 31.1. The van der Waals surface area contributed by atoms with E-state index in [-0.39, 0.29) is 5.78 Å². The van der Waals surface area contributed by atoms with Gasteiger partial charge in [0.2, 0.25) is 0 Å². The Morgan fingerprint density at radius 2 is 1.06 bits per heavy atom. The summed E-state index contributed by atoms with van der Waals surface area (Å²) in [6.45, 7) is 4.17. The standard InChI is InChI=1S/C30H25OP/c1-22-3-7-24(8-4-22)11-12-25-13-15-27(16-14-25)30(31)28-17-19-29(20-18-28)32-21-26-9-5-23(2)6-10-26/h3-10,13-20,32H,21H2,1-2H3. The molecule has 1 atom stereocenters. The van der Waals surface area contributed by atoms with Crippen molar-refractivity contribution in [1.82, 2.24) is 0 Å². The van der Waals surface area contributed by atoms with Gasteiger partial charge in [0.25, 0.3) is 0 Å². The number of ketones is 1. The van der Waals surface area contributed by atoms with Gasteiger partial charge >= 0.3 is 0 Å². The summed E-state index contributed by atoms with van der Waals surface area (Å²) in [7, 11) is 0.694. The molecule has 1 unspecified atom stereocenters. The molecular weight excluding hydrogens is 407 g/mol. The fourth-order valence-corrected chi connectivity index (χ4v) is 4.35. The molecule has 0 fully saturated rings. The molecule has 0 radical (unpaired) electrons. The largest absolute Gasteiger partial charge is 0.289 e. The fraction of sp³-hybridized carbons (Fsp3) is 0.100. The number of benzene rings is 4. The number of carbonyl (C=O) groups is 1. The SMILES string of the molecule is Cc1ccc(C#Cc2ccc(C(=O)c3ccc(PCc4ccc(C)cc4)cc3)cc2)cc1. The van der Waals surface area contributed by atoms with Crippen molar-refractivity contribution in [3.05, 3.63) is 136 Å². The minimum atomic E-state index is 0.0384. The van der Waals surface area contributed by atoms with Crippen LogP contribution in [0.3, 0.4) is 0 Å². The molecule has 0 aliphatic heterocycles. The van der Waals surface area contributed by atoms with Gasteiger partial charge in [0.05, 0.1) is 0 Å². The van der Waals surface area contributed by atoms with Crippen LogP contribution in [0.15, 0.2) is 97.1 Å². The van der Waals surface area contributed by atoms with Crippen LogP contribution in [-0.2, 0) is 6.16 Å². The van der Waals surface area contributed by atoms with Gasteiger partial charge in [0.1, 0.15) is 0 Å². The Hall–Kier alpha value is -3.46. The monoisotopic (exact) mass is 432 g/mol. The van der Waals surface area contributed by atoms with Gasteiger partial charge in [0, 0.05) is 22.3 Å². The number of rotatable bonds is 5. The maximum atomic E-state index is 12.9. The van der Waals surface area contributed by atoms with Crippen LogP contribution >= 0.6 is 8.58 Å². The second-order valence-electron chi connectivity index (χ2n) is 7.94. The third-order valence-electron chi connectivity index (χ3n) is 5.31. The van der Waals surface area contributed by atoms with Gasteiger partial charge in [-0.3, -0.25) is 4.79 Å². The van der Waals surface area contributed by atoms with Gasteiger partial charge in [-0.2, -0.15) is 0 Å². The highest BCUT2D eigenvalue weighted by molar-refractivity contribution is 7.46. The fourth-order valence-electron chi connectivity index (χ4n) is 3.30. The number of hydrogen-bond donors (Lipinski definition) is 0. The molecule has 0 N–H and O–H groups in total. The molecular formula is C30H25OP. The summed E-state index contributed by atoms with van der Waals surface area (Å²) in [5.41, 5.74) is 7.13. The normalized spacial score (nSPS) is 10.7. The van der Waals surface area contributed by atoms with Crippen molar-refractivity contribution < 1.29 is 4.79 Å². The molecule has 0 amide bonds. The third kappa shape index (κ3) is 5.82. The Morgan fingerprint density at radius 3 is 1.59 bits per heavy atom. The van der Waals surface area contributed by atoms with E-state index in [4.69, 9.17) is 0 Å². The van der Waals surface area contributed by atoms with Crippen molar-refractivity contribution in [2.24, 2.45) is 0 Å². The van der Waals surface area contributed by atoms with E-state index in [2.05, 4.69) is 74.2 Å². The zero-order chi connectivity index (χ0) is 22.3. The van der Waals surface area contributed by atoms with E-state index in [1.165, 1.54) is 22.0 Å². The van der Waals surface area contributed by atoms with E-state index in [9.17, 15) is 4.79 Å². The summed E-state index contributed by atoms with van der Waals surface area (Å²) < 4.78 is 0. The van der Waals surface area contributed by atoms with Crippen LogP contribution in [0.25, 0.3) is 0 Å². The maximum absolute atomic E-state index is 12.9. The Balaban J connectivity index is 1.38. The predicted molar refractivity (Wildman–Crippen MR) is 136 cm³/mol. The average Bonchev–Trinajstić information content (AvgIpc) is 2.83. The van der Waals surface area contributed by atoms with E-state index in [1.807, 2.05) is 48.5 Å². The molecule has 0 aromatic heterocycles. The van der Waals surface area contributed by atoms with Gasteiger partial charge in [0.15, 0.2) is 5.78 Å². The Labute approximate surface area is 192 Å². The summed E-state index contributed by atoms with van der Waals surface area (Å²) in [6, 6.07) is 32.4. The number of aryl methyl sites for hydroxylation is 2. The van der Waals surface area contributed by atoms with Crippen LogP contribution < -0.4 is 5.30 Å². The Morgan fingerprint density at radius 1 is 0.625 bits per heavy atom. The van der Waals surface area contributed by atoms with Gasteiger partial charge in [-0.25, -0.2) is 0 Å². The summed E-state index contributed by atoms with van der Waals surface area (Å²) in [4.78, 5) is 12.9. The van der Waals surface area contributed by atoms with Gasteiger partial charge in [-0.05, 0) is 67.3 Å².